The summed E-state index contributed by atoms with van der Waals surface area (Å²) in [5.41, 5.74) is 3.20. The van der Waals surface area contributed by atoms with Crippen LogP contribution < -0.4 is 10.1 Å². The summed E-state index contributed by atoms with van der Waals surface area (Å²) in [6.45, 7) is 2.30. The van der Waals surface area contributed by atoms with Gasteiger partial charge in [-0.05, 0) is 43.0 Å². The molecule has 1 amide bonds. The molecule has 0 aromatic heterocycles. The van der Waals surface area contributed by atoms with E-state index in [-0.39, 0.29) is 5.91 Å². The standard InChI is InChI=1S/C22H26N2O2/c1-26-20-11-5-4-10-19(20)16-24-13-7-6-12-22(24)14-17-8-2-3-9-18(17)15-23-21(22)25/h2-5,8-11H,6-7,12-16H2,1H3,(H,23,25). The fourth-order valence-corrected chi connectivity index (χ4v) is 4.46. The summed E-state index contributed by atoms with van der Waals surface area (Å²) in [5.74, 6) is 1.06. The zero-order valence-electron chi connectivity index (χ0n) is 15.3. The Bertz CT molecular complexity index is 804. The van der Waals surface area contributed by atoms with Gasteiger partial charge in [0, 0.05) is 25.1 Å². The van der Waals surface area contributed by atoms with Crippen LogP contribution in [0.4, 0.5) is 0 Å². The first-order valence-corrected chi connectivity index (χ1v) is 9.45. The fourth-order valence-electron chi connectivity index (χ4n) is 4.46. The van der Waals surface area contributed by atoms with Gasteiger partial charge in [-0.15, -0.1) is 0 Å². The molecule has 1 unspecified atom stereocenters. The minimum absolute atomic E-state index is 0.170. The molecule has 4 nitrogen and oxygen atoms in total. The van der Waals surface area contributed by atoms with Gasteiger partial charge in [-0.2, -0.15) is 0 Å². The van der Waals surface area contributed by atoms with E-state index in [9.17, 15) is 4.79 Å². The summed E-state index contributed by atoms with van der Waals surface area (Å²) < 4.78 is 5.54. The monoisotopic (exact) mass is 350 g/mol. The van der Waals surface area contributed by atoms with Crippen molar-refractivity contribution in [3.8, 4) is 5.75 Å². The Balaban J connectivity index is 1.70. The Morgan fingerprint density at radius 2 is 1.85 bits per heavy atom. The van der Waals surface area contributed by atoms with E-state index >= 15 is 0 Å². The average Bonchev–Trinajstić information content (AvgIpc) is 2.82. The van der Waals surface area contributed by atoms with E-state index < -0.39 is 5.54 Å². The molecular formula is C22H26N2O2. The minimum Gasteiger partial charge on any atom is -0.496 e. The average molecular weight is 350 g/mol. The number of hydrogen-bond donors (Lipinski definition) is 1. The van der Waals surface area contributed by atoms with Gasteiger partial charge in [-0.1, -0.05) is 42.5 Å². The molecule has 4 heteroatoms. The highest BCUT2D eigenvalue weighted by atomic mass is 16.5. The molecule has 26 heavy (non-hydrogen) atoms. The summed E-state index contributed by atoms with van der Waals surface area (Å²) in [6, 6.07) is 16.6. The maximum Gasteiger partial charge on any atom is 0.241 e. The number of carbonyl (C=O) groups is 1. The van der Waals surface area contributed by atoms with Crippen LogP contribution in [0.25, 0.3) is 0 Å². The number of nitrogens with zero attached hydrogens (tertiary/aromatic N) is 1. The van der Waals surface area contributed by atoms with Gasteiger partial charge in [0.05, 0.1) is 7.11 Å². The Morgan fingerprint density at radius 1 is 1.08 bits per heavy atom. The fraction of sp³-hybridized carbons (Fsp3) is 0.409. The van der Waals surface area contributed by atoms with Crippen LogP contribution in [0.15, 0.2) is 48.5 Å². The lowest BCUT2D eigenvalue weighted by Crippen LogP contribution is -2.60. The summed E-state index contributed by atoms with van der Waals surface area (Å²) in [6.07, 6.45) is 3.91. The first-order valence-electron chi connectivity index (χ1n) is 9.45. The third kappa shape index (κ3) is 2.99. The van der Waals surface area contributed by atoms with Crippen LogP contribution in [0.5, 0.6) is 5.75 Å². The molecule has 1 saturated heterocycles. The molecule has 1 fully saturated rings. The molecule has 2 heterocycles. The van der Waals surface area contributed by atoms with E-state index in [0.29, 0.717) is 6.54 Å². The SMILES string of the molecule is COc1ccccc1CN1CCCCC12Cc1ccccc1CNC2=O. The number of amides is 1. The van der Waals surface area contributed by atoms with E-state index in [4.69, 9.17) is 4.74 Å². The molecule has 0 bridgehead atoms. The smallest absolute Gasteiger partial charge is 0.241 e. The van der Waals surface area contributed by atoms with Crippen LogP contribution in [0.2, 0.25) is 0 Å². The third-order valence-corrected chi connectivity index (χ3v) is 5.89. The molecule has 2 aromatic rings. The molecule has 1 N–H and O–H groups in total. The molecule has 0 radical (unpaired) electrons. The maximum absolute atomic E-state index is 13.2. The summed E-state index contributed by atoms with van der Waals surface area (Å²) >= 11 is 0. The molecule has 2 aliphatic heterocycles. The van der Waals surface area contributed by atoms with E-state index in [0.717, 1.165) is 50.1 Å². The highest BCUT2D eigenvalue weighted by Crippen LogP contribution is 2.36. The van der Waals surface area contributed by atoms with Gasteiger partial charge in [0.2, 0.25) is 5.91 Å². The lowest BCUT2D eigenvalue weighted by molar-refractivity contribution is -0.136. The van der Waals surface area contributed by atoms with Crippen molar-refractivity contribution in [2.45, 2.75) is 44.3 Å². The molecule has 1 spiro atoms. The number of rotatable bonds is 3. The number of piperidine rings is 1. The molecule has 136 valence electrons. The molecular weight excluding hydrogens is 324 g/mol. The second-order valence-corrected chi connectivity index (χ2v) is 7.35. The summed E-state index contributed by atoms with van der Waals surface area (Å²) in [7, 11) is 1.71. The quantitative estimate of drug-likeness (QED) is 0.924. The second-order valence-electron chi connectivity index (χ2n) is 7.35. The number of benzene rings is 2. The van der Waals surface area contributed by atoms with Crippen LogP contribution >= 0.6 is 0 Å². The normalized spacial score (nSPS) is 23.2. The zero-order valence-corrected chi connectivity index (χ0v) is 15.3. The Morgan fingerprint density at radius 3 is 2.69 bits per heavy atom. The maximum atomic E-state index is 13.2. The van der Waals surface area contributed by atoms with Crippen LogP contribution in [-0.2, 0) is 24.3 Å². The topological polar surface area (TPSA) is 41.6 Å². The second kappa shape index (κ2) is 7.12. The number of hydrogen-bond acceptors (Lipinski definition) is 3. The largest absolute Gasteiger partial charge is 0.496 e. The van der Waals surface area contributed by atoms with Gasteiger partial charge in [0.1, 0.15) is 11.3 Å². The van der Waals surface area contributed by atoms with Gasteiger partial charge >= 0.3 is 0 Å². The predicted molar refractivity (Wildman–Crippen MR) is 102 cm³/mol. The molecule has 0 aliphatic carbocycles. The van der Waals surface area contributed by atoms with Crippen molar-refractivity contribution < 1.29 is 9.53 Å². The van der Waals surface area contributed by atoms with Gasteiger partial charge in [0.25, 0.3) is 0 Å². The van der Waals surface area contributed by atoms with Crippen molar-refractivity contribution in [2.24, 2.45) is 0 Å². The predicted octanol–water partition coefficient (Wildman–Crippen LogP) is 3.29. The van der Waals surface area contributed by atoms with E-state index in [1.807, 2.05) is 18.2 Å². The van der Waals surface area contributed by atoms with Crippen LogP contribution in [-0.4, -0.2) is 30.0 Å². The van der Waals surface area contributed by atoms with Crippen molar-refractivity contribution in [3.63, 3.8) is 0 Å². The van der Waals surface area contributed by atoms with Crippen molar-refractivity contribution in [1.29, 1.82) is 0 Å². The van der Waals surface area contributed by atoms with E-state index in [2.05, 4.69) is 40.5 Å². The number of carbonyl (C=O) groups excluding carboxylic acids is 1. The molecule has 0 saturated carbocycles. The van der Waals surface area contributed by atoms with Crippen molar-refractivity contribution >= 4 is 5.91 Å². The van der Waals surface area contributed by atoms with Crippen molar-refractivity contribution in [2.75, 3.05) is 13.7 Å². The van der Waals surface area contributed by atoms with Crippen molar-refractivity contribution in [1.82, 2.24) is 10.2 Å². The molecule has 2 aliphatic rings. The number of nitrogens with one attached hydrogen (secondary N) is 1. The minimum atomic E-state index is -0.467. The lowest BCUT2D eigenvalue weighted by atomic mass is 9.80. The zero-order chi connectivity index (χ0) is 18.0. The lowest BCUT2D eigenvalue weighted by Gasteiger charge is -2.45. The number of methoxy groups -OCH3 is 1. The Hall–Kier alpha value is -2.33. The number of likely N-dealkylation sites (tertiary alicyclic amines) is 1. The van der Waals surface area contributed by atoms with E-state index in [1.165, 1.54) is 11.1 Å². The molecule has 1 atom stereocenters. The Kier molecular flexibility index (Phi) is 4.68. The highest BCUT2D eigenvalue weighted by molar-refractivity contribution is 5.87. The summed E-state index contributed by atoms with van der Waals surface area (Å²) in [4.78, 5) is 15.6. The third-order valence-electron chi connectivity index (χ3n) is 5.89. The molecule has 2 aromatic carbocycles. The number of para-hydroxylation sites is 1. The summed E-state index contributed by atoms with van der Waals surface area (Å²) in [5, 5.41) is 3.19. The van der Waals surface area contributed by atoms with Gasteiger partial charge in [-0.25, -0.2) is 0 Å². The number of ether oxygens (including phenoxy) is 1. The van der Waals surface area contributed by atoms with Crippen LogP contribution in [0.3, 0.4) is 0 Å². The van der Waals surface area contributed by atoms with Gasteiger partial charge in [-0.3, -0.25) is 9.69 Å². The van der Waals surface area contributed by atoms with Gasteiger partial charge < -0.3 is 10.1 Å². The first kappa shape index (κ1) is 17.1. The van der Waals surface area contributed by atoms with Crippen LogP contribution in [0.1, 0.15) is 36.0 Å². The first-order chi connectivity index (χ1) is 12.7. The molecule has 4 rings (SSSR count). The number of fused-ring (bicyclic) bond motifs is 1. The van der Waals surface area contributed by atoms with Crippen molar-refractivity contribution in [3.05, 3.63) is 65.2 Å². The van der Waals surface area contributed by atoms with E-state index in [1.54, 1.807) is 7.11 Å². The highest BCUT2D eigenvalue weighted by Gasteiger charge is 2.46. The van der Waals surface area contributed by atoms with Gasteiger partial charge in [0.15, 0.2) is 0 Å². The Labute approximate surface area is 155 Å². The van der Waals surface area contributed by atoms with Crippen LogP contribution in [0, 0.1) is 0 Å².